The van der Waals surface area contributed by atoms with Crippen LogP contribution in [-0.2, 0) is 11.3 Å². The van der Waals surface area contributed by atoms with Crippen LogP contribution in [0.1, 0.15) is 36.9 Å². The van der Waals surface area contributed by atoms with Gasteiger partial charge in [0.2, 0.25) is 11.6 Å². The first-order valence-corrected chi connectivity index (χ1v) is 12.0. The highest BCUT2D eigenvalue weighted by atomic mass is 19.1. The average Bonchev–Trinajstić information content (AvgIpc) is 3.28. The number of aliphatic carboxylic acids is 1. The number of pyridine rings is 1. The van der Waals surface area contributed by atoms with E-state index in [2.05, 4.69) is 25.4 Å². The summed E-state index contributed by atoms with van der Waals surface area (Å²) in [6, 6.07) is 15.1. The number of rotatable bonds is 8. The molecule has 1 fully saturated rings. The van der Waals surface area contributed by atoms with Crippen LogP contribution < -0.4 is 10.1 Å². The number of carboxylic acid groups (broad SMARTS) is 1. The zero-order chi connectivity index (χ0) is 25.8. The molecule has 2 atom stereocenters. The number of hydrogen-bond donors (Lipinski definition) is 2. The van der Waals surface area contributed by atoms with Crippen molar-refractivity contribution in [1.29, 1.82) is 0 Å². The molecule has 0 bridgehead atoms. The fourth-order valence-electron chi connectivity index (χ4n) is 4.43. The Labute approximate surface area is 212 Å². The van der Waals surface area contributed by atoms with Gasteiger partial charge in [-0.25, -0.2) is 24.1 Å². The van der Waals surface area contributed by atoms with Crippen molar-refractivity contribution in [2.45, 2.75) is 50.9 Å². The molecule has 190 valence electrons. The summed E-state index contributed by atoms with van der Waals surface area (Å²) in [7, 11) is 0. The molecule has 1 saturated carbocycles. The molecule has 9 nitrogen and oxygen atoms in total. The largest absolute Gasteiger partial charge is 0.489 e. The average molecular weight is 504 g/mol. The monoisotopic (exact) mass is 503 g/mol. The van der Waals surface area contributed by atoms with E-state index in [9.17, 15) is 14.3 Å². The van der Waals surface area contributed by atoms with E-state index in [1.165, 1.54) is 6.20 Å². The Morgan fingerprint density at radius 2 is 2.03 bits per heavy atom. The van der Waals surface area contributed by atoms with Gasteiger partial charge < -0.3 is 19.7 Å². The smallest absolute Gasteiger partial charge is 0.341 e. The Hall–Kier alpha value is -4.34. The zero-order valence-corrected chi connectivity index (χ0v) is 20.2. The fraction of sp³-hybridized carbons (Fsp3) is 0.296. The zero-order valence-electron chi connectivity index (χ0n) is 20.2. The topological polar surface area (TPSA) is 123 Å². The van der Waals surface area contributed by atoms with E-state index in [0.717, 1.165) is 16.8 Å². The molecular weight excluding hydrogens is 477 g/mol. The lowest BCUT2D eigenvalue weighted by molar-refractivity contribution is -0.155. The van der Waals surface area contributed by atoms with Crippen LogP contribution in [0.15, 0.2) is 65.4 Å². The highest BCUT2D eigenvalue weighted by Gasteiger charge is 2.44. The van der Waals surface area contributed by atoms with Gasteiger partial charge in [0.1, 0.15) is 17.5 Å². The number of ether oxygens (including phenoxy) is 1. The maximum Gasteiger partial charge on any atom is 0.341 e. The minimum Gasteiger partial charge on any atom is -0.489 e. The number of halogens is 1. The van der Waals surface area contributed by atoms with Gasteiger partial charge in [0, 0.05) is 30.3 Å². The van der Waals surface area contributed by atoms with Gasteiger partial charge in [-0.3, -0.25) is 0 Å². The van der Waals surface area contributed by atoms with Gasteiger partial charge in [-0.1, -0.05) is 35.5 Å². The number of carbonyl (C=O) groups is 1. The van der Waals surface area contributed by atoms with Crippen molar-refractivity contribution in [2.24, 2.45) is 0 Å². The van der Waals surface area contributed by atoms with Crippen LogP contribution in [-0.4, -0.2) is 43.0 Å². The molecule has 1 aliphatic carbocycles. The van der Waals surface area contributed by atoms with E-state index in [-0.39, 0.29) is 12.8 Å². The van der Waals surface area contributed by atoms with E-state index in [1.807, 2.05) is 43.3 Å². The summed E-state index contributed by atoms with van der Waals surface area (Å²) < 4.78 is 26.0. The Morgan fingerprint density at radius 3 is 2.78 bits per heavy atom. The van der Waals surface area contributed by atoms with Crippen molar-refractivity contribution in [2.75, 3.05) is 5.32 Å². The van der Waals surface area contributed by atoms with Crippen molar-refractivity contribution in [3.05, 3.63) is 72.2 Å². The van der Waals surface area contributed by atoms with E-state index < -0.39 is 17.7 Å². The second-order valence-corrected chi connectivity index (χ2v) is 9.05. The second kappa shape index (κ2) is 10.3. The first-order valence-electron chi connectivity index (χ1n) is 12.0. The van der Waals surface area contributed by atoms with Gasteiger partial charge in [-0.05, 0) is 44.4 Å². The minimum atomic E-state index is -2.25. The maximum atomic E-state index is 14.6. The molecule has 4 aromatic rings. The number of benzene rings is 1. The van der Waals surface area contributed by atoms with Crippen LogP contribution in [0.3, 0.4) is 0 Å². The van der Waals surface area contributed by atoms with Gasteiger partial charge in [0.05, 0.1) is 17.6 Å². The summed E-state index contributed by atoms with van der Waals surface area (Å²) in [6.45, 7) is 2.22. The van der Waals surface area contributed by atoms with Crippen molar-refractivity contribution < 1.29 is 23.6 Å². The molecule has 3 heterocycles. The van der Waals surface area contributed by atoms with E-state index >= 15 is 0 Å². The van der Waals surface area contributed by atoms with Crippen LogP contribution in [0, 0.1) is 6.92 Å². The normalized spacial score (nSPS) is 19.4. The number of nitrogens with zero attached hydrogens (tertiary/aromatic N) is 4. The molecule has 0 saturated heterocycles. The van der Waals surface area contributed by atoms with Crippen molar-refractivity contribution >= 4 is 11.9 Å². The molecule has 0 amide bonds. The number of hydrogen-bond acceptors (Lipinski definition) is 8. The predicted molar refractivity (Wildman–Crippen MR) is 134 cm³/mol. The lowest BCUT2D eigenvalue weighted by Crippen LogP contribution is -2.42. The number of carboxylic acids is 1. The molecule has 0 radical (unpaired) electrons. The van der Waals surface area contributed by atoms with Crippen LogP contribution in [0.4, 0.5) is 10.3 Å². The van der Waals surface area contributed by atoms with Gasteiger partial charge >= 0.3 is 5.97 Å². The Balaban J connectivity index is 1.27. The summed E-state index contributed by atoms with van der Waals surface area (Å²) in [4.78, 5) is 24.6. The summed E-state index contributed by atoms with van der Waals surface area (Å²) in [6.07, 6.45) is 3.55. The van der Waals surface area contributed by atoms with Gasteiger partial charge in [0.25, 0.3) is 0 Å². The van der Waals surface area contributed by atoms with Gasteiger partial charge in [-0.2, -0.15) is 0 Å². The highest BCUT2D eigenvalue weighted by Crippen LogP contribution is 2.35. The molecule has 3 aromatic heterocycles. The summed E-state index contributed by atoms with van der Waals surface area (Å²) in [5, 5.41) is 16.5. The van der Waals surface area contributed by atoms with Gasteiger partial charge in [0.15, 0.2) is 5.76 Å². The first kappa shape index (κ1) is 24.4. The number of alkyl halides is 1. The molecule has 1 aliphatic rings. The number of nitrogens with one attached hydrogen (secondary N) is 1. The first-order chi connectivity index (χ1) is 17.9. The van der Waals surface area contributed by atoms with Crippen LogP contribution >= 0.6 is 0 Å². The quantitative estimate of drug-likeness (QED) is 0.333. The molecule has 10 heteroatoms. The van der Waals surface area contributed by atoms with E-state index in [0.29, 0.717) is 48.2 Å². The van der Waals surface area contributed by atoms with E-state index in [4.69, 9.17) is 9.26 Å². The van der Waals surface area contributed by atoms with Crippen molar-refractivity contribution in [3.8, 4) is 28.5 Å². The Morgan fingerprint density at radius 1 is 1.19 bits per heavy atom. The molecular formula is C27H26FN5O4. The fourth-order valence-corrected chi connectivity index (χ4v) is 4.43. The van der Waals surface area contributed by atoms with Crippen molar-refractivity contribution in [1.82, 2.24) is 20.1 Å². The predicted octanol–water partition coefficient (Wildman–Crippen LogP) is 5.23. The van der Waals surface area contributed by atoms with Crippen molar-refractivity contribution in [3.63, 3.8) is 0 Å². The second-order valence-electron chi connectivity index (χ2n) is 9.05. The summed E-state index contributed by atoms with van der Waals surface area (Å²) >= 11 is 0. The molecule has 0 aliphatic heterocycles. The SMILES string of the molecule is Cc1noc(-c2ccc(OC3CCCC(F)(C(=O)O)C3)cn2)c1CNc1nccc(-c2ccccc2)n1. The van der Waals surface area contributed by atoms with Gasteiger partial charge in [-0.15, -0.1) is 0 Å². The molecule has 0 spiro atoms. The third-order valence-corrected chi connectivity index (χ3v) is 6.44. The Bertz CT molecular complexity index is 1380. The summed E-state index contributed by atoms with van der Waals surface area (Å²) in [5.74, 6) is -0.0248. The molecule has 2 unspecified atom stereocenters. The maximum absolute atomic E-state index is 14.6. The highest BCUT2D eigenvalue weighted by molar-refractivity contribution is 5.77. The van der Waals surface area contributed by atoms with Crippen LogP contribution in [0.5, 0.6) is 5.75 Å². The lowest BCUT2D eigenvalue weighted by Gasteiger charge is -2.31. The summed E-state index contributed by atoms with van der Waals surface area (Å²) in [5.41, 5.74) is 1.63. The standard InChI is InChI=1S/C27H26FN5O4/c1-17-21(16-31-26-29-13-11-22(32-26)18-6-3-2-4-7-18)24(37-33-17)23-10-9-20(15-30-23)36-19-8-5-12-27(28,14-19)25(34)35/h2-4,6-7,9-11,13,15,19H,5,8,12,14,16H2,1H3,(H,34,35)(H,29,31,32). The molecule has 37 heavy (non-hydrogen) atoms. The molecule has 2 N–H and O–H groups in total. The minimum absolute atomic E-state index is 0.00261. The third kappa shape index (κ3) is 5.42. The molecule has 5 rings (SSSR count). The number of aryl methyl sites for hydroxylation is 1. The number of anilines is 1. The van der Waals surface area contributed by atoms with Crippen LogP contribution in [0.25, 0.3) is 22.7 Å². The molecule has 1 aromatic carbocycles. The number of aromatic nitrogens is 4. The van der Waals surface area contributed by atoms with E-state index in [1.54, 1.807) is 18.3 Å². The lowest BCUT2D eigenvalue weighted by atomic mass is 9.84. The Kier molecular flexibility index (Phi) is 6.80. The van der Waals surface area contributed by atoms with Crippen LogP contribution in [0.2, 0.25) is 0 Å². The third-order valence-electron chi connectivity index (χ3n) is 6.44.